The number of hydrogen-bond donors (Lipinski definition) is 1. The van der Waals surface area contributed by atoms with E-state index in [4.69, 9.17) is 11.6 Å². The maximum atomic E-state index is 11.5. The van der Waals surface area contributed by atoms with Crippen molar-refractivity contribution in [2.45, 2.75) is 12.5 Å². The van der Waals surface area contributed by atoms with Gasteiger partial charge in [-0.25, -0.2) is 0 Å². The van der Waals surface area contributed by atoms with Crippen molar-refractivity contribution in [1.82, 2.24) is 5.32 Å². The van der Waals surface area contributed by atoms with Gasteiger partial charge >= 0.3 is 5.97 Å². The van der Waals surface area contributed by atoms with E-state index < -0.39 is 5.92 Å². The first-order valence-corrected chi connectivity index (χ1v) is 5.93. The van der Waals surface area contributed by atoms with E-state index in [2.05, 4.69) is 10.1 Å². The average Bonchev–Trinajstić information content (AvgIpc) is 2.83. The zero-order valence-electron chi connectivity index (χ0n) is 8.53. The summed E-state index contributed by atoms with van der Waals surface area (Å²) in [5.74, 6) is -0.954. The molecule has 1 aromatic rings. The van der Waals surface area contributed by atoms with E-state index in [1.165, 1.54) is 18.4 Å². The standard InChI is InChI=1S/C10H10ClNO3S/c1-15-10(14)5-4-8(13)12-9(5)6-2-3-7(11)16-6/h2-3,5,9H,4H2,1H3,(H,12,13)/t5-,9?/m0/s1. The topological polar surface area (TPSA) is 55.4 Å². The summed E-state index contributed by atoms with van der Waals surface area (Å²) in [4.78, 5) is 23.7. The van der Waals surface area contributed by atoms with Gasteiger partial charge < -0.3 is 10.1 Å². The number of ether oxygens (including phenoxy) is 1. The Morgan fingerprint density at radius 2 is 2.38 bits per heavy atom. The number of halogens is 1. The largest absolute Gasteiger partial charge is 0.469 e. The molecule has 16 heavy (non-hydrogen) atoms. The molecule has 1 fully saturated rings. The van der Waals surface area contributed by atoms with Gasteiger partial charge in [0.1, 0.15) is 0 Å². The molecule has 0 saturated carbocycles. The van der Waals surface area contributed by atoms with Crippen LogP contribution in [-0.4, -0.2) is 19.0 Å². The highest BCUT2D eigenvalue weighted by molar-refractivity contribution is 7.16. The number of esters is 1. The van der Waals surface area contributed by atoms with Gasteiger partial charge in [0.05, 0.1) is 23.4 Å². The quantitative estimate of drug-likeness (QED) is 0.824. The minimum Gasteiger partial charge on any atom is -0.469 e. The van der Waals surface area contributed by atoms with E-state index in [9.17, 15) is 9.59 Å². The van der Waals surface area contributed by atoms with Crippen LogP contribution in [0.3, 0.4) is 0 Å². The highest BCUT2D eigenvalue weighted by Crippen LogP contribution is 2.36. The summed E-state index contributed by atoms with van der Waals surface area (Å²) in [7, 11) is 1.32. The van der Waals surface area contributed by atoms with Gasteiger partial charge in [0, 0.05) is 11.3 Å². The molecular weight excluding hydrogens is 250 g/mol. The van der Waals surface area contributed by atoms with Crippen LogP contribution in [0.15, 0.2) is 12.1 Å². The molecule has 1 N–H and O–H groups in total. The molecular formula is C10H10ClNO3S. The molecule has 0 radical (unpaired) electrons. The van der Waals surface area contributed by atoms with Gasteiger partial charge in [0.25, 0.3) is 0 Å². The smallest absolute Gasteiger partial charge is 0.311 e. The zero-order chi connectivity index (χ0) is 11.7. The van der Waals surface area contributed by atoms with Crippen LogP contribution in [0.5, 0.6) is 0 Å². The predicted octanol–water partition coefficient (Wildman–Crippen LogP) is 1.75. The van der Waals surface area contributed by atoms with Crippen LogP contribution in [0, 0.1) is 5.92 Å². The van der Waals surface area contributed by atoms with Crippen LogP contribution < -0.4 is 5.32 Å². The summed E-state index contributed by atoms with van der Waals surface area (Å²) < 4.78 is 5.32. The Labute approximate surface area is 102 Å². The summed E-state index contributed by atoms with van der Waals surface area (Å²) >= 11 is 7.19. The normalized spacial score (nSPS) is 24.2. The third kappa shape index (κ3) is 2.05. The molecule has 4 nitrogen and oxygen atoms in total. The van der Waals surface area contributed by atoms with Crippen molar-refractivity contribution in [1.29, 1.82) is 0 Å². The van der Waals surface area contributed by atoms with Gasteiger partial charge in [-0.1, -0.05) is 11.6 Å². The highest BCUT2D eigenvalue weighted by atomic mass is 35.5. The van der Waals surface area contributed by atoms with Crippen molar-refractivity contribution in [3.63, 3.8) is 0 Å². The Balaban J connectivity index is 2.25. The molecule has 1 aromatic heterocycles. The summed E-state index contributed by atoms with van der Waals surface area (Å²) in [6.45, 7) is 0. The van der Waals surface area contributed by atoms with Gasteiger partial charge in [0.15, 0.2) is 0 Å². The summed E-state index contributed by atoms with van der Waals surface area (Å²) in [6.07, 6.45) is 0.173. The predicted molar refractivity (Wildman–Crippen MR) is 60.3 cm³/mol. The van der Waals surface area contributed by atoms with Crippen molar-refractivity contribution in [2.75, 3.05) is 7.11 Å². The zero-order valence-corrected chi connectivity index (χ0v) is 10.1. The lowest BCUT2D eigenvalue weighted by Crippen LogP contribution is -2.24. The van der Waals surface area contributed by atoms with Crippen LogP contribution in [0.2, 0.25) is 4.34 Å². The first kappa shape index (κ1) is 11.4. The van der Waals surface area contributed by atoms with Crippen molar-refractivity contribution >= 4 is 34.8 Å². The molecule has 1 aliphatic heterocycles. The number of rotatable bonds is 2. The van der Waals surface area contributed by atoms with E-state index in [-0.39, 0.29) is 24.3 Å². The molecule has 0 spiro atoms. The van der Waals surface area contributed by atoms with Crippen molar-refractivity contribution in [2.24, 2.45) is 5.92 Å². The first-order chi connectivity index (χ1) is 7.61. The summed E-state index contributed by atoms with van der Waals surface area (Å²) in [5, 5.41) is 2.76. The van der Waals surface area contributed by atoms with Crippen molar-refractivity contribution in [3.05, 3.63) is 21.3 Å². The van der Waals surface area contributed by atoms with E-state index in [1.54, 1.807) is 6.07 Å². The monoisotopic (exact) mass is 259 g/mol. The number of hydrogen-bond acceptors (Lipinski definition) is 4. The van der Waals surface area contributed by atoms with E-state index in [1.807, 2.05) is 6.07 Å². The average molecular weight is 260 g/mol. The molecule has 86 valence electrons. The Morgan fingerprint density at radius 1 is 1.62 bits per heavy atom. The summed E-state index contributed by atoms with van der Waals surface area (Å²) in [5.41, 5.74) is 0. The van der Waals surface area contributed by atoms with Crippen molar-refractivity contribution in [3.8, 4) is 0 Å². The highest BCUT2D eigenvalue weighted by Gasteiger charge is 2.39. The van der Waals surface area contributed by atoms with Crippen LogP contribution >= 0.6 is 22.9 Å². The van der Waals surface area contributed by atoms with Crippen LogP contribution in [-0.2, 0) is 14.3 Å². The molecule has 0 aromatic carbocycles. The lowest BCUT2D eigenvalue weighted by molar-refractivity contribution is -0.146. The lowest BCUT2D eigenvalue weighted by Gasteiger charge is -2.14. The second-order valence-corrected chi connectivity index (χ2v) is 5.27. The SMILES string of the molecule is COC(=O)[C@H]1CC(=O)NC1c1ccc(Cl)s1. The first-order valence-electron chi connectivity index (χ1n) is 4.74. The third-order valence-corrected chi connectivity index (χ3v) is 3.84. The second kappa shape index (κ2) is 4.43. The van der Waals surface area contributed by atoms with Crippen LogP contribution in [0.25, 0.3) is 0 Å². The molecule has 0 bridgehead atoms. The Hall–Kier alpha value is -1.07. The Bertz CT molecular complexity index is 431. The van der Waals surface area contributed by atoms with Crippen molar-refractivity contribution < 1.29 is 14.3 Å². The van der Waals surface area contributed by atoms with Gasteiger partial charge in [-0.15, -0.1) is 11.3 Å². The molecule has 2 heterocycles. The molecule has 1 amide bonds. The number of carbonyl (C=O) groups excluding carboxylic acids is 2. The molecule has 1 unspecified atom stereocenters. The van der Waals surface area contributed by atoms with E-state index in [0.29, 0.717) is 4.34 Å². The fourth-order valence-corrected chi connectivity index (χ4v) is 2.96. The third-order valence-electron chi connectivity index (χ3n) is 2.53. The fraction of sp³-hybridized carbons (Fsp3) is 0.400. The molecule has 6 heteroatoms. The number of thiophene rings is 1. The Morgan fingerprint density at radius 3 is 2.94 bits per heavy atom. The second-order valence-electron chi connectivity index (χ2n) is 3.52. The van der Waals surface area contributed by atoms with Crippen LogP contribution in [0.1, 0.15) is 17.3 Å². The number of methoxy groups -OCH3 is 1. The lowest BCUT2D eigenvalue weighted by atomic mass is 10.00. The molecule has 1 saturated heterocycles. The van der Waals surface area contributed by atoms with Gasteiger partial charge in [-0.05, 0) is 12.1 Å². The Kier molecular flexibility index (Phi) is 3.16. The molecule has 0 aliphatic carbocycles. The number of amides is 1. The van der Waals surface area contributed by atoms with Crippen LogP contribution in [0.4, 0.5) is 0 Å². The van der Waals surface area contributed by atoms with Gasteiger partial charge in [0.2, 0.25) is 5.91 Å². The van der Waals surface area contributed by atoms with Gasteiger partial charge in [-0.2, -0.15) is 0 Å². The minimum atomic E-state index is -0.452. The molecule has 2 atom stereocenters. The number of nitrogens with one attached hydrogen (secondary N) is 1. The maximum Gasteiger partial charge on any atom is 0.311 e. The molecule has 1 aliphatic rings. The maximum absolute atomic E-state index is 11.5. The number of carbonyl (C=O) groups is 2. The van der Waals surface area contributed by atoms with E-state index >= 15 is 0 Å². The fourth-order valence-electron chi connectivity index (χ4n) is 1.79. The summed E-state index contributed by atoms with van der Waals surface area (Å²) in [6, 6.07) is 3.26. The molecule has 2 rings (SSSR count). The minimum absolute atomic E-state index is 0.134. The van der Waals surface area contributed by atoms with E-state index in [0.717, 1.165) is 4.88 Å². The van der Waals surface area contributed by atoms with Gasteiger partial charge in [-0.3, -0.25) is 9.59 Å².